The minimum Gasteiger partial charge on any atom is -0.332 e. The molecular formula is C13H21F3N4S. The predicted octanol–water partition coefficient (Wildman–Crippen LogP) is 4.22. The van der Waals surface area contributed by atoms with Crippen LogP contribution in [0.3, 0.4) is 0 Å². The number of nitrogens with one attached hydrogen (secondary N) is 1. The van der Waals surface area contributed by atoms with Crippen LogP contribution in [0.1, 0.15) is 51.5 Å². The highest BCUT2D eigenvalue weighted by Gasteiger charge is 2.33. The van der Waals surface area contributed by atoms with E-state index < -0.39 is 12.7 Å². The molecule has 0 bridgehead atoms. The molecule has 2 rings (SSSR count). The molecule has 0 aliphatic heterocycles. The molecule has 4 nitrogen and oxygen atoms in total. The Balaban J connectivity index is 2.29. The number of hydrogen-bond donors (Lipinski definition) is 1. The Morgan fingerprint density at radius 3 is 2.57 bits per heavy atom. The van der Waals surface area contributed by atoms with Crippen LogP contribution in [0, 0.1) is 4.77 Å². The Bertz CT molecular complexity index is 502. The first-order valence-corrected chi connectivity index (χ1v) is 7.82. The van der Waals surface area contributed by atoms with Crippen molar-refractivity contribution in [3.05, 3.63) is 4.77 Å². The summed E-state index contributed by atoms with van der Waals surface area (Å²) in [6.07, 6.45) is 1.63. The summed E-state index contributed by atoms with van der Waals surface area (Å²) in [7, 11) is 0. The molecule has 1 aromatic heterocycles. The topological polar surface area (TPSA) is 36.9 Å². The third kappa shape index (κ3) is 4.21. The van der Waals surface area contributed by atoms with Gasteiger partial charge in [0, 0.05) is 12.6 Å². The van der Waals surface area contributed by atoms with Crippen molar-refractivity contribution in [1.82, 2.24) is 14.8 Å². The molecule has 0 unspecified atom stereocenters. The lowest BCUT2D eigenvalue weighted by Crippen LogP contribution is -2.37. The van der Waals surface area contributed by atoms with E-state index >= 15 is 0 Å². The third-order valence-electron chi connectivity index (χ3n) is 3.77. The zero-order chi connectivity index (χ0) is 15.5. The first-order chi connectivity index (χ1) is 9.92. The van der Waals surface area contributed by atoms with Gasteiger partial charge in [-0.2, -0.15) is 13.2 Å². The quantitative estimate of drug-likeness (QED) is 0.825. The van der Waals surface area contributed by atoms with Crippen LogP contribution in [0.4, 0.5) is 19.1 Å². The summed E-state index contributed by atoms with van der Waals surface area (Å²) in [6.45, 7) is 1.18. The molecule has 1 aliphatic rings. The lowest BCUT2D eigenvalue weighted by molar-refractivity contribution is -0.120. The minimum atomic E-state index is -4.25. The maximum atomic E-state index is 12.8. The maximum absolute atomic E-state index is 12.8. The molecule has 0 radical (unpaired) electrons. The Kier molecular flexibility index (Phi) is 5.29. The van der Waals surface area contributed by atoms with E-state index in [1.54, 1.807) is 4.57 Å². The molecule has 21 heavy (non-hydrogen) atoms. The van der Waals surface area contributed by atoms with Gasteiger partial charge in [0.1, 0.15) is 6.54 Å². The fourth-order valence-corrected chi connectivity index (χ4v) is 3.20. The number of rotatable bonds is 5. The number of H-pyrrole nitrogens is 1. The molecule has 1 aromatic rings. The predicted molar refractivity (Wildman–Crippen MR) is 78.1 cm³/mol. The number of anilines is 1. The lowest BCUT2D eigenvalue weighted by atomic mass is 9.95. The van der Waals surface area contributed by atoms with Crippen molar-refractivity contribution >= 4 is 18.2 Å². The van der Waals surface area contributed by atoms with E-state index in [2.05, 4.69) is 10.2 Å². The zero-order valence-corrected chi connectivity index (χ0v) is 12.9. The molecular weight excluding hydrogens is 301 g/mol. The van der Waals surface area contributed by atoms with E-state index in [1.807, 2.05) is 6.92 Å². The molecule has 0 saturated heterocycles. The molecule has 1 fully saturated rings. The number of aromatic nitrogens is 3. The fraction of sp³-hybridized carbons (Fsp3) is 0.846. The van der Waals surface area contributed by atoms with Gasteiger partial charge in [0.2, 0.25) is 5.95 Å². The van der Waals surface area contributed by atoms with Crippen molar-refractivity contribution in [3.63, 3.8) is 0 Å². The van der Waals surface area contributed by atoms with Crippen LogP contribution in [0.15, 0.2) is 0 Å². The van der Waals surface area contributed by atoms with E-state index in [-0.39, 0.29) is 6.04 Å². The Labute approximate surface area is 127 Å². The molecule has 120 valence electrons. The summed E-state index contributed by atoms with van der Waals surface area (Å²) in [6, 6.07) is 0.160. The van der Waals surface area contributed by atoms with E-state index in [0.29, 0.717) is 23.7 Å². The maximum Gasteiger partial charge on any atom is 0.406 e. The minimum absolute atomic E-state index is 0.160. The second kappa shape index (κ2) is 6.81. The summed E-state index contributed by atoms with van der Waals surface area (Å²) in [4.78, 5) is 1.28. The number of alkyl halides is 3. The first-order valence-electron chi connectivity index (χ1n) is 7.41. The zero-order valence-electron chi connectivity index (χ0n) is 12.1. The van der Waals surface area contributed by atoms with E-state index in [1.165, 1.54) is 11.3 Å². The van der Waals surface area contributed by atoms with Gasteiger partial charge in [-0.1, -0.05) is 26.2 Å². The number of halogens is 3. The number of aromatic amines is 1. The number of nitrogens with zero attached hydrogens (tertiary/aromatic N) is 3. The largest absolute Gasteiger partial charge is 0.406 e. The summed E-state index contributed by atoms with van der Waals surface area (Å²) >= 11 is 5.24. The van der Waals surface area contributed by atoms with Gasteiger partial charge in [0.15, 0.2) is 4.77 Å². The number of hydrogen-bond acceptors (Lipinski definition) is 3. The molecule has 0 atom stereocenters. The molecule has 1 heterocycles. The highest BCUT2D eigenvalue weighted by Crippen LogP contribution is 2.32. The SMILES string of the molecule is CCCN(CC(F)(F)F)c1n[nH]c(=S)n1C1CCCCC1. The second-order valence-corrected chi connectivity index (χ2v) is 5.91. The fourth-order valence-electron chi connectivity index (χ4n) is 2.92. The van der Waals surface area contributed by atoms with Crippen molar-refractivity contribution in [2.45, 2.75) is 57.7 Å². The third-order valence-corrected chi connectivity index (χ3v) is 4.06. The Hall–Kier alpha value is -1.05. The van der Waals surface area contributed by atoms with Crippen LogP contribution in [0.25, 0.3) is 0 Å². The molecule has 1 aliphatic carbocycles. The van der Waals surface area contributed by atoms with Crippen LogP contribution in [0.2, 0.25) is 0 Å². The van der Waals surface area contributed by atoms with Crippen molar-refractivity contribution in [3.8, 4) is 0 Å². The van der Waals surface area contributed by atoms with Crippen molar-refractivity contribution in [2.75, 3.05) is 18.0 Å². The highest BCUT2D eigenvalue weighted by molar-refractivity contribution is 7.71. The van der Waals surface area contributed by atoms with Crippen molar-refractivity contribution in [1.29, 1.82) is 0 Å². The van der Waals surface area contributed by atoms with Gasteiger partial charge in [0.05, 0.1) is 0 Å². The standard InChI is InChI=1S/C13H21F3N4S/c1-2-8-19(9-13(14,15)16)11-17-18-12(21)20(11)10-6-4-3-5-7-10/h10H,2-9H2,1H3,(H,18,21). The molecule has 8 heteroatoms. The van der Waals surface area contributed by atoms with Crippen LogP contribution in [-0.2, 0) is 0 Å². The average Bonchev–Trinajstić information content (AvgIpc) is 2.80. The van der Waals surface area contributed by atoms with Gasteiger partial charge >= 0.3 is 6.18 Å². The highest BCUT2D eigenvalue weighted by atomic mass is 32.1. The van der Waals surface area contributed by atoms with Crippen LogP contribution < -0.4 is 4.90 Å². The lowest BCUT2D eigenvalue weighted by Gasteiger charge is -2.29. The summed E-state index contributed by atoms with van der Waals surface area (Å²) < 4.78 is 40.5. The summed E-state index contributed by atoms with van der Waals surface area (Å²) in [5, 5.41) is 6.73. The average molecular weight is 322 g/mol. The van der Waals surface area contributed by atoms with Crippen LogP contribution in [0.5, 0.6) is 0 Å². The summed E-state index contributed by atoms with van der Waals surface area (Å²) in [5.74, 6) is 0.325. The van der Waals surface area contributed by atoms with Gasteiger partial charge < -0.3 is 4.90 Å². The van der Waals surface area contributed by atoms with Gasteiger partial charge in [-0.15, -0.1) is 5.10 Å². The van der Waals surface area contributed by atoms with Crippen LogP contribution in [-0.4, -0.2) is 34.0 Å². The molecule has 0 amide bonds. The van der Waals surface area contributed by atoms with Gasteiger partial charge in [-0.05, 0) is 31.5 Å². The monoisotopic (exact) mass is 322 g/mol. The normalized spacial score (nSPS) is 17.1. The van der Waals surface area contributed by atoms with Crippen LogP contribution >= 0.6 is 12.2 Å². The van der Waals surface area contributed by atoms with Gasteiger partial charge in [-0.3, -0.25) is 4.57 Å². The van der Waals surface area contributed by atoms with E-state index in [4.69, 9.17) is 12.2 Å². The van der Waals surface area contributed by atoms with Crippen molar-refractivity contribution in [2.24, 2.45) is 0 Å². The van der Waals surface area contributed by atoms with Crippen molar-refractivity contribution < 1.29 is 13.2 Å². The van der Waals surface area contributed by atoms with E-state index in [0.717, 1.165) is 25.7 Å². The first kappa shape index (κ1) is 16.3. The second-order valence-electron chi connectivity index (χ2n) is 5.53. The molecule has 1 N–H and O–H groups in total. The van der Waals surface area contributed by atoms with Gasteiger partial charge in [-0.25, -0.2) is 5.10 Å². The molecule has 0 spiro atoms. The van der Waals surface area contributed by atoms with Gasteiger partial charge in [0.25, 0.3) is 0 Å². The molecule has 0 aromatic carbocycles. The Morgan fingerprint density at radius 2 is 2.00 bits per heavy atom. The van der Waals surface area contributed by atoms with E-state index in [9.17, 15) is 13.2 Å². The Morgan fingerprint density at radius 1 is 1.33 bits per heavy atom. The molecule has 1 saturated carbocycles. The smallest absolute Gasteiger partial charge is 0.332 e. The summed E-state index contributed by atoms with van der Waals surface area (Å²) in [5.41, 5.74) is 0.